The molecule has 9 rings (SSSR count). The van der Waals surface area contributed by atoms with Crippen LogP contribution in [0.25, 0.3) is 0 Å². The molecule has 0 aromatic heterocycles. The number of ketones is 1. The SMILES string of the molecule is COC1CC(OC2CCC3(C)C(CCC45OC46CCC(C(C)=O)C6(C)C(OC(C)=O)C(OC(=O)c4ccccc4)C35)C2)OC(C)C1OC1OC(C)C(OC2OC(CO)C(O)C(O)C2O)C(OC)C1O. The predicted molar refractivity (Wildman–Crippen MR) is 237 cm³/mol. The number of hydrogen-bond acceptors (Lipinski definition) is 19. The molecule has 386 valence electrons. The van der Waals surface area contributed by atoms with Crippen molar-refractivity contribution in [3.8, 4) is 0 Å². The monoisotopic (exact) mass is 976 g/mol. The van der Waals surface area contributed by atoms with Gasteiger partial charge >= 0.3 is 11.9 Å². The van der Waals surface area contributed by atoms with Gasteiger partial charge in [-0.05, 0) is 89.2 Å². The van der Waals surface area contributed by atoms with Crippen LogP contribution < -0.4 is 0 Å². The fourth-order valence-corrected chi connectivity index (χ4v) is 14.6. The Morgan fingerprint density at radius 3 is 2.09 bits per heavy atom. The number of ether oxygens (including phenoxy) is 11. The molecule has 0 bridgehead atoms. The van der Waals surface area contributed by atoms with Crippen molar-refractivity contribution in [1.82, 2.24) is 0 Å². The summed E-state index contributed by atoms with van der Waals surface area (Å²) in [5.74, 6) is -1.70. The first-order valence-electron chi connectivity index (χ1n) is 24.7. The van der Waals surface area contributed by atoms with Gasteiger partial charge in [-0.2, -0.15) is 0 Å². The molecular formula is C50H72O19. The van der Waals surface area contributed by atoms with Gasteiger partial charge in [0.1, 0.15) is 78.0 Å². The summed E-state index contributed by atoms with van der Waals surface area (Å²) in [6.45, 7) is 10.1. The van der Waals surface area contributed by atoms with Gasteiger partial charge in [-0.15, -0.1) is 0 Å². The molecule has 0 amide bonds. The lowest BCUT2D eigenvalue weighted by Crippen LogP contribution is -2.70. The third kappa shape index (κ3) is 8.31. The average Bonchev–Trinajstić information content (AvgIpc) is 3.87. The van der Waals surface area contributed by atoms with Gasteiger partial charge in [0.05, 0.1) is 36.6 Å². The van der Waals surface area contributed by atoms with E-state index in [1.54, 1.807) is 45.2 Å². The molecule has 1 aromatic carbocycles. The Kier molecular flexibility index (Phi) is 14.3. The first kappa shape index (κ1) is 51.2. The van der Waals surface area contributed by atoms with Gasteiger partial charge < -0.3 is 77.6 Å². The quantitative estimate of drug-likeness (QED) is 0.108. The van der Waals surface area contributed by atoms with Crippen LogP contribution in [0.15, 0.2) is 30.3 Å². The third-order valence-electron chi connectivity index (χ3n) is 17.9. The van der Waals surface area contributed by atoms with Crippen molar-refractivity contribution in [1.29, 1.82) is 0 Å². The molecule has 8 aliphatic rings. The van der Waals surface area contributed by atoms with Crippen molar-refractivity contribution < 1.29 is 92.0 Å². The number of Topliss-reactive ketones (excluding diaryl/α,β-unsaturated/α-hetero) is 1. The van der Waals surface area contributed by atoms with Crippen LogP contribution in [0.3, 0.4) is 0 Å². The minimum atomic E-state index is -1.67. The third-order valence-corrected chi connectivity index (χ3v) is 17.9. The van der Waals surface area contributed by atoms with E-state index < -0.39 is 145 Å². The van der Waals surface area contributed by atoms with Crippen molar-refractivity contribution >= 4 is 17.7 Å². The zero-order valence-electron chi connectivity index (χ0n) is 40.7. The van der Waals surface area contributed by atoms with Crippen LogP contribution in [-0.2, 0) is 61.7 Å². The lowest BCUT2D eigenvalue weighted by atomic mass is 9.43. The topological polar surface area (TPSA) is 257 Å². The first-order chi connectivity index (χ1) is 32.8. The molecule has 4 saturated carbocycles. The number of aliphatic hydroxyl groups is 5. The normalized spacial score (nSPS) is 50.2. The van der Waals surface area contributed by atoms with Gasteiger partial charge in [0.25, 0.3) is 0 Å². The fourth-order valence-electron chi connectivity index (χ4n) is 14.6. The molecule has 69 heavy (non-hydrogen) atoms. The molecule has 0 radical (unpaired) electrons. The Labute approximate surface area is 402 Å². The molecule has 8 fully saturated rings. The Hall–Kier alpha value is -2.73. The molecule has 24 unspecified atom stereocenters. The largest absolute Gasteiger partial charge is 0.458 e. The second-order valence-electron chi connectivity index (χ2n) is 21.4. The second kappa shape index (κ2) is 19.3. The van der Waals surface area contributed by atoms with Gasteiger partial charge in [0.15, 0.2) is 18.9 Å². The maximum Gasteiger partial charge on any atom is 0.338 e. The summed E-state index contributed by atoms with van der Waals surface area (Å²) in [5, 5.41) is 52.4. The summed E-state index contributed by atoms with van der Waals surface area (Å²) in [5.41, 5.74) is -2.37. The Balaban J connectivity index is 0.882. The van der Waals surface area contributed by atoms with Crippen LogP contribution >= 0.6 is 0 Å². The molecule has 4 saturated heterocycles. The zero-order valence-corrected chi connectivity index (χ0v) is 40.7. The van der Waals surface area contributed by atoms with Gasteiger partial charge in [-0.1, -0.05) is 32.0 Å². The highest BCUT2D eigenvalue weighted by atomic mass is 16.8. The van der Waals surface area contributed by atoms with E-state index in [4.69, 9.17) is 52.1 Å². The molecule has 1 aromatic rings. The van der Waals surface area contributed by atoms with Gasteiger partial charge in [-0.3, -0.25) is 9.59 Å². The molecular weight excluding hydrogens is 905 g/mol. The van der Waals surface area contributed by atoms with Crippen LogP contribution in [0.5, 0.6) is 0 Å². The summed E-state index contributed by atoms with van der Waals surface area (Å²) < 4.78 is 69.1. The molecule has 24 atom stereocenters. The number of esters is 2. The zero-order chi connectivity index (χ0) is 49.5. The molecule has 4 aliphatic heterocycles. The second-order valence-corrected chi connectivity index (χ2v) is 21.4. The standard InChI is InChI=1S/C50H72O19/c1-23(52)30-16-19-50-48(30,6)43(63-26(4)53)41(66-44(58)27-12-10-9-11-13-27)42-47(5)17-15-29(20-28(47)14-18-49(42,50)69-50)64-33-21-31(59-7)38(24(2)61-33)67-46-37(57)40(60-8)39(25(3)62-46)68-45-36(56)35(55)34(54)32(22-51)65-45/h9-13,24-25,28-43,45-46,51,54-57H,14-22H2,1-8H3. The van der Waals surface area contributed by atoms with Gasteiger partial charge in [-0.25, -0.2) is 4.79 Å². The lowest BCUT2D eigenvalue weighted by Gasteiger charge is -2.61. The van der Waals surface area contributed by atoms with Crippen molar-refractivity contribution in [3.63, 3.8) is 0 Å². The molecule has 19 heteroatoms. The number of methoxy groups -OCH3 is 2. The van der Waals surface area contributed by atoms with E-state index in [0.717, 1.165) is 6.42 Å². The van der Waals surface area contributed by atoms with Gasteiger partial charge in [0, 0.05) is 44.8 Å². The van der Waals surface area contributed by atoms with E-state index in [9.17, 15) is 39.9 Å². The van der Waals surface area contributed by atoms with Gasteiger partial charge in [0.2, 0.25) is 0 Å². The number of fused-ring (bicyclic) bond motifs is 2. The first-order valence-corrected chi connectivity index (χ1v) is 24.7. The maximum atomic E-state index is 14.1. The number of rotatable bonds is 13. The van der Waals surface area contributed by atoms with E-state index in [-0.39, 0.29) is 23.7 Å². The summed E-state index contributed by atoms with van der Waals surface area (Å²) in [6, 6.07) is 8.78. The molecule has 2 spiro atoms. The van der Waals surface area contributed by atoms with Crippen LogP contribution in [0.1, 0.15) is 103 Å². The van der Waals surface area contributed by atoms with E-state index >= 15 is 0 Å². The van der Waals surface area contributed by atoms with Crippen LogP contribution in [0, 0.1) is 28.6 Å². The van der Waals surface area contributed by atoms with E-state index in [1.807, 2.05) is 19.9 Å². The Morgan fingerprint density at radius 1 is 0.725 bits per heavy atom. The smallest absolute Gasteiger partial charge is 0.338 e. The molecule has 4 aliphatic carbocycles. The number of carbonyl (C=O) groups excluding carboxylic acids is 3. The van der Waals surface area contributed by atoms with Crippen LogP contribution in [0.2, 0.25) is 0 Å². The van der Waals surface area contributed by atoms with Crippen molar-refractivity contribution in [3.05, 3.63) is 35.9 Å². The summed E-state index contributed by atoms with van der Waals surface area (Å²) in [4.78, 5) is 40.6. The summed E-state index contributed by atoms with van der Waals surface area (Å²) in [6.07, 6.45) is -12.5. The van der Waals surface area contributed by atoms with E-state index in [1.165, 1.54) is 14.0 Å². The van der Waals surface area contributed by atoms with E-state index in [0.29, 0.717) is 50.5 Å². The summed E-state index contributed by atoms with van der Waals surface area (Å²) >= 11 is 0. The number of aliphatic hydroxyl groups excluding tert-OH is 5. The maximum absolute atomic E-state index is 14.1. The minimum absolute atomic E-state index is 0.000276. The predicted octanol–water partition coefficient (Wildman–Crippen LogP) is 2.11. The number of epoxide rings is 1. The fraction of sp³-hybridized carbons (Fsp3) is 0.820. The Bertz CT molecular complexity index is 2030. The highest BCUT2D eigenvalue weighted by Crippen LogP contribution is 2.81. The molecule has 5 N–H and O–H groups in total. The molecule has 4 heterocycles. The van der Waals surface area contributed by atoms with E-state index in [2.05, 4.69) is 6.92 Å². The van der Waals surface area contributed by atoms with Crippen LogP contribution in [-0.4, -0.2) is 180 Å². The van der Waals surface area contributed by atoms with Crippen LogP contribution in [0.4, 0.5) is 0 Å². The number of hydrogen-bond donors (Lipinski definition) is 5. The van der Waals surface area contributed by atoms with Crippen molar-refractivity contribution in [2.75, 3.05) is 20.8 Å². The van der Waals surface area contributed by atoms with Crippen molar-refractivity contribution in [2.24, 2.45) is 28.6 Å². The minimum Gasteiger partial charge on any atom is -0.458 e. The highest BCUT2D eigenvalue weighted by molar-refractivity contribution is 5.89. The Morgan fingerprint density at radius 2 is 1.42 bits per heavy atom. The van der Waals surface area contributed by atoms with Crippen molar-refractivity contribution in [2.45, 2.75) is 208 Å². The number of carbonyl (C=O) groups is 3. The molecule has 19 nitrogen and oxygen atoms in total. The average molecular weight is 977 g/mol. The lowest BCUT2D eigenvalue weighted by molar-refractivity contribution is -0.371. The number of benzene rings is 1. The summed E-state index contributed by atoms with van der Waals surface area (Å²) in [7, 11) is 2.94. The highest BCUT2D eigenvalue weighted by Gasteiger charge is 2.91.